The smallest absolute Gasteiger partial charge is 0.122 e. The fourth-order valence-corrected chi connectivity index (χ4v) is 3.78. The Morgan fingerprint density at radius 3 is 2.68 bits per heavy atom. The van der Waals surface area contributed by atoms with Crippen molar-refractivity contribution in [1.82, 2.24) is 5.32 Å². The van der Waals surface area contributed by atoms with Crippen molar-refractivity contribution in [3.8, 4) is 5.75 Å². The average Bonchev–Trinajstić information content (AvgIpc) is 2.95. The van der Waals surface area contributed by atoms with Crippen LogP contribution in [0.3, 0.4) is 0 Å². The largest absolute Gasteiger partial charge is 0.496 e. The number of fused-ring (bicyclic) bond motifs is 1. The fourth-order valence-electron chi connectivity index (χ4n) is 3.78. The summed E-state index contributed by atoms with van der Waals surface area (Å²) < 4.78 is 5.67. The summed E-state index contributed by atoms with van der Waals surface area (Å²) in [6.45, 7) is 3.42. The lowest BCUT2D eigenvalue weighted by Gasteiger charge is -2.25. The fraction of sp³-hybridized carbons (Fsp3) is 0.647. The molecule has 2 heteroatoms. The molecule has 0 aromatic heterocycles. The number of methoxy groups -OCH3 is 1. The van der Waals surface area contributed by atoms with Crippen LogP contribution in [-0.2, 0) is 19.3 Å². The normalized spacial score (nSPS) is 22.3. The van der Waals surface area contributed by atoms with Gasteiger partial charge in [-0.25, -0.2) is 0 Å². The first-order valence-electron chi connectivity index (χ1n) is 7.71. The zero-order valence-corrected chi connectivity index (χ0v) is 12.2. The molecule has 1 unspecified atom stereocenters. The van der Waals surface area contributed by atoms with E-state index in [2.05, 4.69) is 18.3 Å². The highest BCUT2D eigenvalue weighted by molar-refractivity contribution is 5.51. The summed E-state index contributed by atoms with van der Waals surface area (Å²) in [5, 5.41) is 3.62. The summed E-state index contributed by atoms with van der Waals surface area (Å²) >= 11 is 0. The Balaban J connectivity index is 1.99. The highest BCUT2D eigenvalue weighted by Gasteiger charge is 2.23. The molecule has 1 heterocycles. The van der Waals surface area contributed by atoms with Crippen molar-refractivity contribution in [3.63, 3.8) is 0 Å². The second-order valence-electron chi connectivity index (χ2n) is 6.04. The topological polar surface area (TPSA) is 21.3 Å². The molecule has 19 heavy (non-hydrogen) atoms. The zero-order valence-electron chi connectivity index (χ0n) is 12.2. The van der Waals surface area contributed by atoms with Crippen LogP contribution < -0.4 is 10.1 Å². The number of hydrogen-bond acceptors (Lipinski definition) is 2. The molecule has 0 spiro atoms. The molecule has 0 saturated carbocycles. The minimum Gasteiger partial charge on any atom is -0.496 e. The van der Waals surface area contributed by atoms with Gasteiger partial charge in [0.1, 0.15) is 5.75 Å². The van der Waals surface area contributed by atoms with E-state index in [0.717, 1.165) is 12.2 Å². The number of hydrogen-bond donors (Lipinski definition) is 1. The van der Waals surface area contributed by atoms with Gasteiger partial charge in [0.25, 0.3) is 0 Å². The van der Waals surface area contributed by atoms with Crippen LogP contribution in [0.4, 0.5) is 0 Å². The van der Waals surface area contributed by atoms with Gasteiger partial charge in [-0.05, 0) is 86.7 Å². The first-order chi connectivity index (χ1) is 9.29. The van der Waals surface area contributed by atoms with Crippen LogP contribution in [0, 0.1) is 6.92 Å². The molecule has 1 aliphatic heterocycles. The molecule has 2 nitrogen and oxygen atoms in total. The second kappa shape index (κ2) is 5.54. The number of aryl methyl sites for hydroxylation is 1. The van der Waals surface area contributed by atoms with Gasteiger partial charge >= 0.3 is 0 Å². The van der Waals surface area contributed by atoms with Crippen molar-refractivity contribution in [2.45, 2.75) is 57.9 Å². The molecule has 104 valence electrons. The van der Waals surface area contributed by atoms with E-state index >= 15 is 0 Å². The third-order valence-electron chi connectivity index (χ3n) is 4.79. The van der Waals surface area contributed by atoms with Gasteiger partial charge in [0.2, 0.25) is 0 Å². The van der Waals surface area contributed by atoms with Gasteiger partial charge in [0, 0.05) is 6.04 Å². The molecule has 0 amide bonds. The van der Waals surface area contributed by atoms with Crippen LogP contribution in [0.1, 0.15) is 47.9 Å². The summed E-state index contributed by atoms with van der Waals surface area (Å²) in [5.41, 5.74) is 6.13. The lowest BCUT2D eigenvalue weighted by atomic mass is 9.83. The minimum atomic E-state index is 0.655. The van der Waals surface area contributed by atoms with Crippen molar-refractivity contribution in [2.75, 3.05) is 13.7 Å². The van der Waals surface area contributed by atoms with E-state index in [1.807, 2.05) is 7.11 Å². The Bertz CT molecular complexity index is 461. The third-order valence-corrected chi connectivity index (χ3v) is 4.79. The van der Waals surface area contributed by atoms with Crippen LogP contribution in [0.2, 0.25) is 0 Å². The average molecular weight is 259 g/mol. The molecular weight excluding hydrogens is 234 g/mol. The maximum atomic E-state index is 5.67. The van der Waals surface area contributed by atoms with E-state index in [-0.39, 0.29) is 0 Å². The molecule has 1 fully saturated rings. The van der Waals surface area contributed by atoms with E-state index < -0.39 is 0 Å². The maximum Gasteiger partial charge on any atom is 0.122 e. The lowest BCUT2D eigenvalue weighted by Crippen LogP contribution is -2.25. The van der Waals surface area contributed by atoms with E-state index in [1.165, 1.54) is 56.2 Å². The first kappa shape index (κ1) is 13.0. The number of benzene rings is 1. The highest BCUT2D eigenvalue weighted by Crippen LogP contribution is 2.35. The number of nitrogens with one attached hydrogen (secondary N) is 1. The lowest BCUT2D eigenvalue weighted by molar-refractivity contribution is 0.404. The quantitative estimate of drug-likeness (QED) is 0.900. The third kappa shape index (κ3) is 2.51. The Kier molecular flexibility index (Phi) is 3.79. The number of ether oxygens (including phenoxy) is 1. The monoisotopic (exact) mass is 259 g/mol. The molecule has 3 rings (SSSR count). The van der Waals surface area contributed by atoms with E-state index in [9.17, 15) is 0 Å². The summed E-state index contributed by atoms with van der Waals surface area (Å²) in [5.74, 6) is 1.12. The summed E-state index contributed by atoms with van der Waals surface area (Å²) in [7, 11) is 1.82. The minimum absolute atomic E-state index is 0.655. The van der Waals surface area contributed by atoms with Gasteiger partial charge in [0.15, 0.2) is 0 Å². The van der Waals surface area contributed by atoms with Crippen LogP contribution in [0.5, 0.6) is 5.75 Å². The van der Waals surface area contributed by atoms with Crippen molar-refractivity contribution in [2.24, 2.45) is 0 Å². The van der Waals surface area contributed by atoms with Crippen molar-refractivity contribution in [1.29, 1.82) is 0 Å². The molecule has 1 aromatic carbocycles. The van der Waals surface area contributed by atoms with E-state index in [0.29, 0.717) is 6.04 Å². The second-order valence-corrected chi connectivity index (χ2v) is 6.04. The van der Waals surface area contributed by atoms with Crippen LogP contribution >= 0.6 is 0 Å². The Labute approximate surface area is 116 Å². The highest BCUT2D eigenvalue weighted by atomic mass is 16.5. The summed E-state index contributed by atoms with van der Waals surface area (Å²) in [6, 6.07) is 2.91. The molecule has 1 aromatic rings. The summed E-state index contributed by atoms with van der Waals surface area (Å²) in [4.78, 5) is 0. The molecular formula is C17H25NO. The van der Waals surface area contributed by atoms with Gasteiger partial charge in [-0.15, -0.1) is 0 Å². The molecule has 1 atom stereocenters. The predicted octanol–water partition coefficient (Wildman–Crippen LogP) is 3.18. The van der Waals surface area contributed by atoms with Gasteiger partial charge in [-0.1, -0.05) is 0 Å². The molecule has 2 aliphatic rings. The molecule has 0 bridgehead atoms. The van der Waals surface area contributed by atoms with Crippen molar-refractivity contribution in [3.05, 3.63) is 28.3 Å². The number of rotatable bonds is 3. The van der Waals surface area contributed by atoms with Crippen LogP contribution in [0.25, 0.3) is 0 Å². The zero-order chi connectivity index (χ0) is 13.2. The SMILES string of the molecule is COc1cc(C)c2c(c1CC1CCCN1)CCCC2. The molecule has 1 N–H and O–H groups in total. The molecule has 1 aliphatic carbocycles. The maximum absolute atomic E-state index is 5.67. The van der Waals surface area contributed by atoms with Crippen molar-refractivity contribution < 1.29 is 4.74 Å². The first-order valence-corrected chi connectivity index (χ1v) is 7.71. The van der Waals surface area contributed by atoms with E-state index in [1.54, 1.807) is 11.1 Å². The van der Waals surface area contributed by atoms with Gasteiger partial charge in [-0.3, -0.25) is 0 Å². The molecule has 1 saturated heterocycles. The van der Waals surface area contributed by atoms with Crippen LogP contribution in [0.15, 0.2) is 6.07 Å². The van der Waals surface area contributed by atoms with Crippen LogP contribution in [-0.4, -0.2) is 19.7 Å². The Morgan fingerprint density at radius 2 is 2.00 bits per heavy atom. The van der Waals surface area contributed by atoms with Gasteiger partial charge in [0.05, 0.1) is 7.11 Å². The Morgan fingerprint density at radius 1 is 1.21 bits per heavy atom. The van der Waals surface area contributed by atoms with Gasteiger partial charge in [-0.2, -0.15) is 0 Å². The van der Waals surface area contributed by atoms with Crippen molar-refractivity contribution >= 4 is 0 Å². The standard InChI is InChI=1S/C17H25NO/c1-12-10-17(19-2)16(11-13-6-5-9-18-13)15-8-4-3-7-14(12)15/h10,13,18H,3-9,11H2,1-2H3. The summed E-state index contributed by atoms with van der Waals surface area (Å²) in [6.07, 6.45) is 8.97. The van der Waals surface area contributed by atoms with E-state index in [4.69, 9.17) is 4.74 Å². The predicted molar refractivity (Wildman–Crippen MR) is 79.1 cm³/mol. The van der Waals surface area contributed by atoms with Gasteiger partial charge < -0.3 is 10.1 Å². The Hall–Kier alpha value is -1.02. The molecule has 0 radical (unpaired) electrons.